The predicted molar refractivity (Wildman–Crippen MR) is 71.0 cm³/mol. The number of aliphatic hydroxyl groups is 1. The molecule has 0 unspecified atom stereocenters. The van der Waals surface area contributed by atoms with E-state index in [2.05, 4.69) is 13.0 Å². The molecule has 102 valence electrons. The number of hydrogen-bond donors (Lipinski definition) is 1. The summed E-state index contributed by atoms with van der Waals surface area (Å²) >= 11 is 0. The minimum Gasteiger partial charge on any atom is -0.487 e. The Balaban J connectivity index is 1.80. The number of hydrogen-bond acceptors (Lipinski definition) is 3. The molecule has 2 heterocycles. The Labute approximate surface area is 113 Å². The van der Waals surface area contributed by atoms with Crippen molar-refractivity contribution >= 4 is 0 Å². The van der Waals surface area contributed by atoms with E-state index in [0.717, 1.165) is 25.0 Å². The lowest BCUT2D eigenvalue weighted by atomic mass is 9.59. The molecule has 0 spiro atoms. The lowest BCUT2D eigenvalue weighted by molar-refractivity contribution is -0.210. The van der Waals surface area contributed by atoms with Crippen LogP contribution in [0.25, 0.3) is 0 Å². The first-order valence-electron chi connectivity index (χ1n) is 7.16. The molecule has 3 aliphatic rings. The first-order chi connectivity index (χ1) is 9.16. The first kappa shape index (κ1) is 11.7. The maximum Gasteiger partial charge on any atom is 0.125 e. The Morgan fingerprint density at radius 3 is 3.00 bits per heavy atom. The molecule has 19 heavy (non-hydrogen) atoms. The Morgan fingerprint density at radius 2 is 2.16 bits per heavy atom. The lowest BCUT2D eigenvalue weighted by Gasteiger charge is -2.57. The highest BCUT2D eigenvalue weighted by Crippen LogP contribution is 2.58. The van der Waals surface area contributed by atoms with Crippen molar-refractivity contribution in [3.05, 3.63) is 29.8 Å². The van der Waals surface area contributed by atoms with Crippen LogP contribution in [-0.2, 0) is 4.74 Å². The number of para-hydroxylation sites is 1. The molecule has 1 aliphatic carbocycles. The van der Waals surface area contributed by atoms with Gasteiger partial charge in [0.25, 0.3) is 0 Å². The summed E-state index contributed by atoms with van der Waals surface area (Å²) in [5.41, 5.74) is 1.01. The molecule has 2 bridgehead atoms. The van der Waals surface area contributed by atoms with Crippen molar-refractivity contribution in [1.82, 2.24) is 0 Å². The van der Waals surface area contributed by atoms with E-state index in [1.54, 1.807) is 0 Å². The van der Waals surface area contributed by atoms with E-state index in [4.69, 9.17) is 9.47 Å². The molecule has 1 saturated heterocycles. The molecular formula is C16H20O3. The van der Waals surface area contributed by atoms with Crippen molar-refractivity contribution in [2.75, 3.05) is 13.2 Å². The Hall–Kier alpha value is -1.06. The van der Waals surface area contributed by atoms with Gasteiger partial charge in [0, 0.05) is 16.9 Å². The van der Waals surface area contributed by atoms with Gasteiger partial charge in [0.05, 0.1) is 19.3 Å². The fraction of sp³-hybridized carbons (Fsp3) is 0.625. The van der Waals surface area contributed by atoms with Gasteiger partial charge in [-0.15, -0.1) is 0 Å². The monoisotopic (exact) mass is 260 g/mol. The van der Waals surface area contributed by atoms with Crippen LogP contribution < -0.4 is 4.74 Å². The SMILES string of the molecule is C[C@@]12CC[C@]3(CO)CO[C@H](c4ccccc4O1)[C@H]2C3. The van der Waals surface area contributed by atoms with Crippen LogP contribution in [0.15, 0.2) is 24.3 Å². The van der Waals surface area contributed by atoms with Gasteiger partial charge in [0.15, 0.2) is 0 Å². The van der Waals surface area contributed by atoms with Crippen LogP contribution in [0.4, 0.5) is 0 Å². The molecule has 0 radical (unpaired) electrons. The molecule has 0 amide bonds. The Kier molecular flexibility index (Phi) is 2.31. The summed E-state index contributed by atoms with van der Waals surface area (Å²) in [4.78, 5) is 0. The molecule has 1 N–H and O–H groups in total. The zero-order valence-electron chi connectivity index (χ0n) is 11.3. The highest BCUT2D eigenvalue weighted by molar-refractivity contribution is 5.39. The average Bonchev–Trinajstić information content (AvgIpc) is 2.45. The summed E-state index contributed by atoms with van der Waals surface area (Å²) in [5, 5.41) is 9.71. The molecule has 1 aromatic carbocycles. The average molecular weight is 260 g/mol. The summed E-state index contributed by atoms with van der Waals surface area (Å²) in [5.74, 6) is 1.33. The van der Waals surface area contributed by atoms with Gasteiger partial charge in [-0.25, -0.2) is 0 Å². The normalized spacial score (nSPS) is 43.3. The van der Waals surface area contributed by atoms with Gasteiger partial charge in [-0.3, -0.25) is 0 Å². The van der Waals surface area contributed by atoms with E-state index in [1.165, 1.54) is 5.56 Å². The summed E-state index contributed by atoms with van der Waals surface area (Å²) < 4.78 is 12.5. The first-order valence-corrected chi connectivity index (χ1v) is 7.16. The van der Waals surface area contributed by atoms with Gasteiger partial charge in [0.2, 0.25) is 0 Å². The molecule has 2 fully saturated rings. The van der Waals surface area contributed by atoms with Gasteiger partial charge in [-0.05, 0) is 32.3 Å². The molecule has 3 nitrogen and oxygen atoms in total. The maximum absolute atomic E-state index is 9.71. The second kappa shape index (κ2) is 3.74. The molecular weight excluding hydrogens is 240 g/mol. The second-order valence-electron chi connectivity index (χ2n) is 6.65. The van der Waals surface area contributed by atoms with Gasteiger partial charge in [-0.1, -0.05) is 18.2 Å². The van der Waals surface area contributed by atoms with Crippen molar-refractivity contribution < 1.29 is 14.6 Å². The smallest absolute Gasteiger partial charge is 0.125 e. The highest BCUT2D eigenvalue weighted by atomic mass is 16.5. The van der Waals surface area contributed by atoms with E-state index in [1.807, 2.05) is 18.2 Å². The summed E-state index contributed by atoms with van der Waals surface area (Å²) in [6.45, 7) is 3.11. The van der Waals surface area contributed by atoms with Gasteiger partial charge in [0.1, 0.15) is 11.4 Å². The summed E-state index contributed by atoms with van der Waals surface area (Å²) in [6.07, 6.45) is 3.14. The highest BCUT2D eigenvalue weighted by Gasteiger charge is 2.57. The summed E-state index contributed by atoms with van der Waals surface area (Å²) in [7, 11) is 0. The molecule has 4 rings (SSSR count). The van der Waals surface area contributed by atoms with E-state index in [-0.39, 0.29) is 23.7 Å². The van der Waals surface area contributed by atoms with Crippen LogP contribution in [0.3, 0.4) is 0 Å². The van der Waals surface area contributed by atoms with Gasteiger partial charge in [-0.2, -0.15) is 0 Å². The number of benzene rings is 1. The van der Waals surface area contributed by atoms with Crippen molar-refractivity contribution in [3.63, 3.8) is 0 Å². The molecule has 1 aromatic rings. The van der Waals surface area contributed by atoms with Crippen LogP contribution >= 0.6 is 0 Å². The zero-order valence-corrected chi connectivity index (χ0v) is 11.3. The van der Waals surface area contributed by atoms with Crippen LogP contribution in [0.2, 0.25) is 0 Å². The van der Waals surface area contributed by atoms with Gasteiger partial charge >= 0.3 is 0 Å². The van der Waals surface area contributed by atoms with Crippen molar-refractivity contribution in [3.8, 4) is 5.75 Å². The molecule has 2 aliphatic heterocycles. The molecule has 0 aromatic heterocycles. The van der Waals surface area contributed by atoms with Crippen LogP contribution in [0.1, 0.15) is 37.9 Å². The topological polar surface area (TPSA) is 38.7 Å². The second-order valence-corrected chi connectivity index (χ2v) is 6.65. The number of rotatable bonds is 1. The van der Waals surface area contributed by atoms with Crippen molar-refractivity contribution in [2.24, 2.45) is 11.3 Å². The largest absolute Gasteiger partial charge is 0.487 e. The third-order valence-electron chi connectivity index (χ3n) is 5.43. The number of fused-ring (bicyclic) bond motifs is 3. The zero-order chi connectivity index (χ0) is 13.1. The fourth-order valence-electron chi connectivity index (χ4n) is 4.11. The lowest BCUT2D eigenvalue weighted by Crippen LogP contribution is -2.58. The molecule has 3 heteroatoms. The third kappa shape index (κ3) is 1.52. The quantitative estimate of drug-likeness (QED) is 0.843. The minimum absolute atomic E-state index is 0.0314. The van der Waals surface area contributed by atoms with Crippen molar-refractivity contribution in [2.45, 2.75) is 37.9 Å². The van der Waals surface area contributed by atoms with E-state index >= 15 is 0 Å². The number of ether oxygens (including phenoxy) is 2. The molecule has 4 atom stereocenters. The molecule has 1 saturated carbocycles. The van der Waals surface area contributed by atoms with Crippen molar-refractivity contribution in [1.29, 1.82) is 0 Å². The predicted octanol–water partition coefficient (Wildman–Crippen LogP) is 2.69. The van der Waals surface area contributed by atoms with E-state index < -0.39 is 0 Å². The third-order valence-corrected chi connectivity index (χ3v) is 5.43. The number of aliphatic hydroxyl groups excluding tert-OH is 1. The Bertz CT molecular complexity index is 514. The van der Waals surface area contributed by atoms with E-state index in [9.17, 15) is 5.11 Å². The standard InChI is InChI=1S/C16H20O3/c1-15-6-7-16(9-17)8-12(15)14(18-10-16)11-4-2-3-5-13(11)19-15/h2-5,12,14,17H,6-10H2,1H3/t12-,14-,15+,16+/m1/s1. The Morgan fingerprint density at radius 1 is 1.32 bits per heavy atom. The minimum atomic E-state index is -0.141. The van der Waals surface area contributed by atoms with Crippen LogP contribution in [0, 0.1) is 11.3 Å². The maximum atomic E-state index is 9.71. The fourth-order valence-corrected chi connectivity index (χ4v) is 4.11. The summed E-state index contributed by atoms with van der Waals surface area (Å²) in [6, 6.07) is 8.22. The van der Waals surface area contributed by atoms with Crippen LogP contribution in [0.5, 0.6) is 5.75 Å². The van der Waals surface area contributed by atoms with Gasteiger partial charge < -0.3 is 14.6 Å². The van der Waals surface area contributed by atoms with Crippen LogP contribution in [-0.4, -0.2) is 23.9 Å². The van der Waals surface area contributed by atoms with E-state index in [0.29, 0.717) is 12.5 Å².